The van der Waals surface area contributed by atoms with Crippen LogP contribution in [0.15, 0.2) is 17.8 Å². The van der Waals surface area contributed by atoms with Crippen LogP contribution in [0.1, 0.15) is 40.0 Å². The molecule has 0 unspecified atom stereocenters. The first kappa shape index (κ1) is 11.3. The number of hydrogen-bond acceptors (Lipinski definition) is 2. The van der Waals surface area contributed by atoms with E-state index in [9.17, 15) is 0 Å². The fraction of sp³-hybridized carbons (Fsp3) is 0.750. The minimum atomic E-state index is 0.0774. The van der Waals surface area contributed by atoms with Crippen molar-refractivity contribution in [1.82, 2.24) is 0 Å². The normalized spacial score (nSPS) is 37.2. The van der Waals surface area contributed by atoms with Gasteiger partial charge in [-0.15, -0.1) is 11.7 Å². The standard InChI is InChI=1S/C12H21NO/c1-5-12(4)8-6-7-11(2,3)10(12)9-13-14/h5,9-10,14H,1,6-8H2,2-4H3/b13-9+/t10-,12-/m1/s1. The summed E-state index contributed by atoms with van der Waals surface area (Å²) in [5.74, 6) is 0.284. The van der Waals surface area contributed by atoms with Crippen molar-refractivity contribution in [3.8, 4) is 0 Å². The molecule has 80 valence electrons. The van der Waals surface area contributed by atoms with Crippen LogP contribution < -0.4 is 0 Å². The van der Waals surface area contributed by atoms with Crippen LogP contribution in [0.4, 0.5) is 0 Å². The second-order valence-corrected chi connectivity index (χ2v) is 5.29. The van der Waals surface area contributed by atoms with Crippen LogP contribution in [0.3, 0.4) is 0 Å². The average Bonchev–Trinajstić information content (AvgIpc) is 2.11. The van der Waals surface area contributed by atoms with Crippen molar-refractivity contribution in [2.45, 2.75) is 40.0 Å². The summed E-state index contributed by atoms with van der Waals surface area (Å²) in [7, 11) is 0. The molecule has 1 rings (SSSR count). The molecule has 0 bridgehead atoms. The Morgan fingerprint density at radius 2 is 2.00 bits per heavy atom. The molecule has 1 saturated carbocycles. The molecule has 1 N–H and O–H groups in total. The van der Waals surface area contributed by atoms with Crippen LogP contribution in [0.5, 0.6) is 0 Å². The van der Waals surface area contributed by atoms with Gasteiger partial charge in [-0.2, -0.15) is 0 Å². The third kappa shape index (κ3) is 1.84. The highest BCUT2D eigenvalue weighted by atomic mass is 16.4. The van der Waals surface area contributed by atoms with E-state index in [1.165, 1.54) is 12.8 Å². The van der Waals surface area contributed by atoms with E-state index in [-0.39, 0.29) is 16.7 Å². The second-order valence-electron chi connectivity index (χ2n) is 5.29. The molecule has 2 atom stereocenters. The lowest BCUT2D eigenvalue weighted by Gasteiger charge is -2.47. The van der Waals surface area contributed by atoms with Crippen molar-refractivity contribution >= 4 is 6.21 Å². The molecule has 1 aliphatic rings. The van der Waals surface area contributed by atoms with E-state index in [0.717, 1.165) is 6.42 Å². The Bertz CT molecular complexity index is 245. The molecule has 1 aliphatic carbocycles. The average molecular weight is 195 g/mol. The second kappa shape index (κ2) is 3.76. The largest absolute Gasteiger partial charge is 0.411 e. The monoisotopic (exact) mass is 195 g/mol. The number of hydrogen-bond donors (Lipinski definition) is 1. The molecule has 0 aromatic heterocycles. The molecule has 0 radical (unpaired) electrons. The van der Waals surface area contributed by atoms with Gasteiger partial charge in [0, 0.05) is 12.1 Å². The molecule has 0 heterocycles. The van der Waals surface area contributed by atoms with Gasteiger partial charge in [-0.1, -0.05) is 33.3 Å². The van der Waals surface area contributed by atoms with Gasteiger partial charge in [0.2, 0.25) is 0 Å². The molecule has 0 amide bonds. The van der Waals surface area contributed by atoms with Gasteiger partial charge in [0.25, 0.3) is 0 Å². The lowest BCUT2D eigenvalue weighted by atomic mass is 9.57. The lowest BCUT2D eigenvalue weighted by Crippen LogP contribution is -2.41. The molecule has 0 aliphatic heterocycles. The highest BCUT2D eigenvalue weighted by Gasteiger charge is 2.43. The molecule has 2 nitrogen and oxygen atoms in total. The summed E-state index contributed by atoms with van der Waals surface area (Å²) in [6.45, 7) is 10.6. The third-order valence-corrected chi connectivity index (χ3v) is 3.77. The predicted molar refractivity (Wildman–Crippen MR) is 59.7 cm³/mol. The minimum absolute atomic E-state index is 0.0774. The zero-order chi connectivity index (χ0) is 10.8. The molecule has 0 spiro atoms. The fourth-order valence-corrected chi connectivity index (χ4v) is 2.80. The van der Waals surface area contributed by atoms with Crippen molar-refractivity contribution in [2.24, 2.45) is 21.9 Å². The Hall–Kier alpha value is -0.790. The first-order valence-corrected chi connectivity index (χ1v) is 5.27. The van der Waals surface area contributed by atoms with Gasteiger partial charge in [-0.25, -0.2) is 0 Å². The third-order valence-electron chi connectivity index (χ3n) is 3.77. The molecular formula is C12H21NO. The molecule has 0 aromatic carbocycles. The van der Waals surface area contributed by atoms with Gasteiger partial charge >= 0.3 is 0 Å². The number of allylic oxidation sites excluding steroid dienone is 1. The van der Waals surface area contributed by atoms with Gasteiger partial charge < -0.3 is 5.21 Å². The highest BCUT2D eigenvalue weighted by Crippen LogP contribution is 2.50. The summed E-state index contributed by atoms with van der Waals surface area (Å²) in [6, 6.07) is 0. The first-order valence-electron chi connectivity index (χ1n) is 5.27. The molecule has 1 fully saturated rings. The van der Waals surface area contributed by atoms with Gasteiger partial charge in [0.1, 0.15) is 0 Å². The zero-order valence-electron chi connectivity index (χ0n) is 9.45. The Morgan fingerprint density at radius 3 is 2.50 bits per heavy atom. The SMILES string of the molecule is C=C[C@]1(C)CCCC(C)(C)[C@H]1/C=N/O. The summed E-state index contributed by atoms with van der Waals surface area (Å²) in [4.78, 5) is 0. The molecular weight excluding hydrogens is 174 g/mol. The van der Waals surface area contributed by atoms with Crippen LogP contribution >= 0.6 is 0 Å². The maximum Gasteiger partial charge on any atom is 0.0480 e. The molecule has 0 aromatic rings. The van der Waals surface area contributed by atoms with Crippen molar-refractivity contribution in [3.63, 3.8) is 0 Å². The quantitative estimate of drug-likeness (QED) is 0.311. The van der Waals surface area contributed by atoms with Crippen LogP contribution in [0, 0.1) is 16.7 Å². The Labute approximate surface area is 86.7 Å². The van der Waals surface area contributed by atoms with E-state index < -0.39 is 0 Å². The van der Waals surface area contributed by atoms with Crippen molar-refractivity contribution in [1.29, 1.82) is 0 Å². The van der Waals surface area contributed by atoms with E-state index in [1.807, 2.05) is 6.08 Å². The van der Waals surface area contributed by atoms with Crippen LogP contribution in [0.25, 0.3) is 0 Å². The summed E-state index contributed by atoms with van der Waals surface area (Å²) in [5, 5.41) is 11.9. The minimum Gasteiger partial charge on any atom is -0.411 e. The Morgan fingerprint density at radius 1 is 1.36 bits per heavy atom. The van der Waals surface area contributed by atoms with E-state index in [2.05, 4.69) is 32.5 Å². The van der Waals surface area contributed by atoms with E-state index in [0.29, 0.717) is 0 Å². The van der Waals surface area contributed by atoms with E-state index >= 15 is 0 Å². The summed E-state index contributed by atoms with van der Waals surface area (Å²) >= 11 is 0. The van der Waals surface area contributed by atoms with Crippen molar-refractivity contribution in [3.05, 3.63) is 12.7 Å². The Balaban J connectivity index is 3.01. The summed E-state index contributed by atoms with van der Waals surface area (Å²) in [5.41, 5.74) is 0.279. The van der Waals surface area contributed by atoms with Gasteiger partial charge in [0.05, 0.1) is 0 Å². The topological polar surface area (TPSA) is 32.6 Å². The number of nitrogens with zero attached hydrogens (tertiary/aromatic N) is 1. The molecule has 2 heteroatoms. The number of oxime groups is 1. The van der Waals surface area contributed by atoms with E-state index in [1.54, 1.807) is 6.21 Å². The summed E-state index contributed by atoms with van der Waals surface area (Å²) in [6.07, 6.45) is 7.25. The van der Waals surface area contributed by atoms with Crippen molar-refractivity contribution in [2.75, 3.05) is 0 Å². The maximum atomic E-state index is 8.71. The molecule has 14 heavy (non-hydrogen) atoms. The van der Waals surface area contributed by atoms with E-state index in [4.69, 9.17) is 5.21 Å². The van der Waals surface area contributed by atoms with Gasteiger partial charge in [0.15, 0.2) is 0 Å². The predicted octanol–water partition coefficient (Wildman–Crippen LogP) is 3.47. The summed E-state index contributed by atoms with van der Waals surface area (Å²) < 4.78 is 0. The smallest absolute Gasteiger partial charge is 0.0480 e. The fourth-order valence-electron chi connectivity index (χ4n) is 2.80. The van der Waals surface area contributed by atoms with Crippen molar-refractivity contribution < 1.29 is 5.21 Å². The van der Waals surface area contributed by atoms with Crippen LogP contribution in [0.2, 0.25) is 0 Å². The zero-order valence-corrected chi connectivity index (χ0v) is 9.45. The lowest BCUT2D eigenvalue weighted by molar-refractivity contribution is 0.0872. The van der Waals surface area contributed by atoms with Gasteiger partial charge in [-0.05, 0) is 23.7 Å². The van der Waals surface area contributed by atoms with Crippen LogP contribution in [-0.2, 0) is 0 Å². The Kier molecular flexibility index (Phi) is 3.03. The van der Waals surface area contributed by atoms with Crippen LogP contribution in [-0.4, -0.2) is 11.4 Å². The first-order chi connectivity index (χ1) is 6.46. The maximum absolute atomic E-state index is 8.71. The number of rotatable bonds is 2. The highest BCUT2D eigenvalue weighted by molar-refractivity contribution is 5.63. The van der Waals surface area contributed by atoms with Gasteiger partial charge in [-0.3, -0.25) is 0 Å². The molecule has 0 saturated heterocycles.